The SMILES string of the molecule is Cc1cc(O)cc(OCCc2ccc(C#N)cc2)c1. The van der Waals surface area contributed by atoms with Gasteiger partial charge in [0.1, 0.15) is 11.5 Å². The fourth-order valence-electron chi connectivity index (χ4n) is 1.84. The smallest absolute Gasteiger partial charge is 0.123 e. The molecule has 3 nitrogen and oxygen atoms in total. The van der Waals surface area contributed by atoms with Gasteiger partial charge in [0.15, 0.2) is 0 Å². The standard InChI is InChI=1S/C16H15NO2/c1-12-8-15(18)10-16(9-12)19-7-6-13-2-4-14(11-17)5-3-13/h2-5,8-10,18H,6-7H2,1H3. The molecule has 2 aromatic carbocycles. The molecule has 3 heteroatoms. The van der Waals surface area contributed by atoms with Crippen molar-refractivity contribution in [1.82, 2.24) is 0 Å². The minimum absolute atomic E-state index is 0.216. The van der Waals surface area contributed by atoms with Crippen molar-refractivity contribution < 1.29 is 9.84 Å². The summed E-state index contributed by atoms with van der Waals surface area (Å²) in [5.41, 5.74) is 2.75. The van der Waals surface area contributed by atoms with Crippen LogP contribution in [0.2, 0.25) is 0 Å². The van der Waals surface area contributed by atoms with Crippen LogP contribution in [0.5, 0.6) is 11.5 Å². The van der Waals surface area contributed by atoms with E-state index in [1.165, 1.54) is 0 Å². The van der Waals surface area contributed by atoms with E-state index in [-0.39, 0.29) is 5.75 Å². The van der Waals surface area contributed by atoms with E-state index in [0.29, 0.717) is 17.9 Å². The molecule has 0 bridgehead atoms. The lowest BCUT2D eigenvalue weighted by Gasteiger charge is -2.07. The Morgan fingerprint density at radius 2 is 1.89 bits per heavy atom. The Morgan fingerprint density at radius 3 is 2.53 bits per heavy atom. The van der Waals surface area contributed by atoms with Crippen LogP contribution in [-0.2, 0) is 6.42 Å². The predicted octanol–water partition coefficient (Wildman–Crippen LogP) is 3.19. The maximum absolute atomic E-state index is 9.46. The monoisotopic (exact) mass is 253 g/mol. The fraction of sp³-hybridized carbons (Fsp3) is 0.188. The molecule has 0 fully saturated rings. The first-order valence-corrected chi connectivity index (χ1v) is 6.10. The van der Waals surface area contributed by atoms with Crippen molar-refractivity contribution >= 4 is 0 Å². The highest BCUT2D eigenvalue weighted by Gasteiger charge is 1.99. The van der Waals surface area contributed by atoms with E-state index >= 15 is 0 Å². The van der Waals surface area contributed by atoms with Crippen molar-refractivity contribution in [3.05, 3.63) is 59.2 Å². The van der Waals surface area contributed by atoms with Gasteiger partial charge in [0, 0.05) is 12.5 Å². The minimum atomic E-state index is 0.216. The zero-order valence-electron chi connectivity index (χ0n) is 10.8. The van der Waals surface area contributed by atoms with Crippen LogP contribution < -0.4 is 4.74 Å². The van der Waals surface area contributed by atoms with Gasteiger partial charge in [-0.25, -0.2) is 0 Å². The van der Waals surface area contributed by atoms with E-state index < -0.39 is 0 Å². The van der Waals surface area contributed by atoms with Gasteiger partial charge in [-0.1, -0.05) is 12.1 Å². The number of nitriles is 1. The highest BCUT2D eigenvalue weighted by atomic mass is 16.5. The van der Waals surface area contributed by atoms with Crippen LogP contribution in [0, 0.1) is 18.3 Å². The topological polar surface area (TPSA) is 53.2 Å². The molecule has 2 aromatic rings. The van der Waals surface area contributed by atoms with Crippen LogP contribution in [0.4, 0.5) is 0 Å². The average molecular weight is 253 g/mol. The van der Waals surface area contributed by atoms with Gasteiger partial charge in [-0.2, -0.15) is 5.26 Å². The van der Waals surface area contributed by atoms with Crippen LogP contribution in [0.3, 0.4) is 0 Å². The highest BCUT2D eigenvalue weighted by molar-refractivity contribution is 5.37. The summed E-state index contributed by atoms with van der Waals surface area (Å²) in [5, 5.41) is 18.2. The van der Waals surface area contributed by atoms with E-state index in [1.807, 2.05) is 25.1 Å². The molecule has 2 rings (SSSR count). The normalized spacial score (nSPS) is 9.89. The summed E-state index contributed by atoms with van der Waals surface area (Å²) >= 11 is 0. The summed E-state index contributed by atoms with van der Waals surface area (Å²) in [6, 6.07) is 14.7. The van der Waals surface area contributed by atoms with Crippen LogP contribution in [0.1, 0.15) is 16.7 Å². The average Bonchev–Trinajstić information content (AvgIpc) is 2.38. The highest BCUT2D eigenvalue weighted by Crippen LogP contribution is 2.21. The van der Waals surface area contributed by atoms with E-state index in [1.54, 1.807) is 24.3 Å². The quantitative estimate of drug-likeness (QED) is 0.910. The van der Waals surface area contributed by atoms with Crippen molar-refractivity contribution in [2.45, 2.75) is 13.3 Å². The Balaban J connectivity index is 1.90. The van der Waals surface area contributed by atoms with Crippen LogP contribution >= 0.6 is 0 Å². The van der Waals surface area contributed by atoms with E-state index in [2.05, 4.69) is 6.07 Å². The Hall–Kier alpha value is -2.47. The molecular formula is C16H15NO2. The second-order valence-corrected chi connectivity index (χ2v) is 4.41. The third kappa shape index (κ3) is 3.75. The van der Waals surface area contributed by atoms with Crippen LogP contribution in [0.25, 0.3) is 0 Å². The molecule has 0 aliphatic heterocycles. The molecule has 1 N–H and O–H groups in total. The van der Waals surface area contributed by atoms with E-state index in [0.717, 1.165) is 17.5 Å². The Kier molecular flexibility index (Phi) is 4.04. The lowest BCUT2D eigenvalue weighted by molar-refractivity contribution is 0.319. The number of hydrogen-bond donors (Lipinski definition) is 1. The van der Waals surface area contributed by atoms with E-state index in [4.69, 9.17) is 10.00 Å². The van der Waals surface area contributed by atoms with Gasteiger partial charge in [0.05, 0.1) is 18.2 Å². The molecule has 0 spiro atoms. The number of rotatable bonds is 4. The summed E-state index contributed by atoms with van der Waals surface area (Å²) in [5.74, 6) is 0.888. The number of phenolic OH excluding ortho intramolecular Hbond substituents is 1. The summed E-state index contributed by atoms with van der Waals surface area (Å²) < 4.78 is 5.60. The fourth-order valence-corrected chi connectivity index (χ4v) is 1.84. The number of aromatic hydroxyl groups is 1. The first-order chi connectivity index (χ1) is 9.17. The summed E-state index contributed by atoms with van der Waals surface area (Å²) in [6.45, 7) is 2.45. The maximum Gasteiger partial charge on any atom is 0.123 e. The molecule has 0 saturated carbocycles. The maximum atomic E-state index is 9.46. The molecule has 0 unspecified atom stereocenters. The number of aryl methyl sites for hydroxylation is 1. The lowest BCUT2D eigenvalue weighted by Crippen LogP contribution is -2.01. The van der Waals surface area contributed by atoms with Crippen molar-refractivity contribution in [2.24, 2.45) is 0 Å². The molecule has 0 aromatic heterocycles. The second kappa shape index (κ2) is 5.92. The third-order valence-electron chi connectivity index (χ3n) is 2.78. The van der Waals surface area contributed by atoms with Gasteiger partial charge in [0.25, 0.3) is 0 Å². The minimum Gasteiger partial charge on any atom is -0.508 e. The molecule has 0 aliphatic rings. The number of ether oxygens (including phenoxy) is 1. The van der Waals surface area contributed by atoms with E-state index in [9.17, 15) is 5.11 Å². The molecule has 96 valence electrons. The molecule has 0 saturated heterocycles. The zero-order valence-corrected chi connectivity index (χ0v) is 10.8. The van der Waals surface area contributed by atoms with Gasteiger partial charge >= 0.3 is 0 Å². The zero-order chi connectivity index (χ0) is 13.7. The van der Waals surface area contributed by atoms with Crippen molar-refractivity contribution in [1.29, 1.82) is 5.26 Å². The van der Waals surface area contributed by atoms with Crippen LogP contribution in [-0.4, -0.2) is 11.7 Å². The lowest BCUT2D eigenvalue weighted by atomic mass is 10.1. The second-order valence-electron chi connectivity index (χ2n) is 4.41. The van der Waals surface area contributed by atoms with Gasteiger partial charge in [-0.3, -0.25) is 0 Å². The Labute approximate surface area is 112 Å². The van der Waals surface area contributed by atoms with Crippen LogP contribution in [0.15, 0.2) is 42.5 Å². The molecule has 0 aliphatic carbocycles. The molecule has 0 radical (unpaired) electrons. The van der Waals surface area contributed by atoms with Gasteiger partial charge < -0.3 is 9.84 Å². The van der Waals surface area contributed by atoms with Crippen molar-refractivity contribution in [3.63, 3.8) is 0 Å². The molecular weight excluding hydrogens is 238 g/mol. The van der Waals surface area contributed by atoms with Gasteiger partial charge in [-0.05, 0) is 42.3 Å². The summed E-state index contributed by atoms with van der Waals surface area (Å²) in [6.07, 6.45) is 0.764. The molecule has 19 heavy (non-hydrogen) atoms. The third-order valence-corrected chi connectivity index (χ3v) is 2.78. The van der Waals surface area contributed by atoms with Crippen molar-refractivity contribution in [3.8, 4) is 17.6 Å². The van der Waals surface area contributed by atoms with Crippen molar-refractivity contribution in [2.75, 3.05) is 6.61 Å². The summed E-state index contributed by atoms with van der Waals surface area (Å²) in [7, 11) is 0. The summed E-state index contributed by atoms with van der Waals surface area (Å²) in [4.78, 5) is 0. The Bertz CT molecular complexity index is 577. The molecule has 0 heterocycles. The first-order valence-electron chi connectivity index (χ1n) is 6.10. The van der Waals surface area contributed by atoms with Gasteiger partial charge in [-0.15, -0.1) is 0 Å². The first kappa shape index (κ1) is 13.0. The predicted molar refractivity (Wildman–Crippen MR) is 73.2 cm³/mol. The number of hydrogen-bond acceptors (Lipinski definition) is 3. The van der Waals surface area contributed by atoms with Gasteiger partial charge in [0.2, 0.25) is 0 Å². The molecule has 0 amide bonds. The number of benzene rings is 2. The largest absolute Gasteiger partial charge is 0.508 e. The number of phenols is 1. The molecule has 0 atom stereocenters. The Morgan fingerprint density at radius 1 is 1.16 bits per heavy atom. The number of nitrogens with zero attached hydrogens (tertiary/aromatic N) is 1.